The number of rotatable bonds is 4. The molecule has 0 saturated carbocycles. The first-order chi connectivity index (χ1) is 11.1. The first-order valence-corrected chi connectivity index (χ1v) is 6.91. The van der Waals surface area contributed by atoms with Crippen LogP contribution < -0.4 is 0 Å². The van der Waals surface area contributed by atoms with Crippen molar-refractivity contribution in [2.75, 3.05) is 7.05 Å². The second kappa shape index (κ2) is 6.30. The number of pyridine rings is 1. The quantitative estimate of drug-likeness (QED) is 0.720. The lowest BCUT2D eigenvalue weighted by atomic mass is 10.3. The predicted octanol–water partition coefficient (Wildman–Crippen LogP) is 1.50. The van der Waals surface area contributed by atoms with Crippen molar-refractivity contribution in [3.63, 3.8) is 0 Å². The normalized spacial score (nSPS) is 10.5. The second-order valence-electron chi connectivity index (χ2n) is 4.93. The van der Waals surface area contributed by atoms with Gasteiger partial charge < -0.3 is 9.42 Å². The average Bonchev–Trinajstić information content (AvgIpc) is 3.04. The van der Waals surface area contributed by atoms with Crippen LogP contribution in [-0.4, -0.2) is 42.9 Å². The molecule has 23 heavy (non-hydrogen) atoms. The van der Waals surface area contributed by atoms with Gasteiger partial charge in [-0.3, -0.25) is 14.8 Å². The number of hydrogen-bond acceptors (Lipinski definition) is 7. The summed E-state index contributed by atoms with van der Waals surface area (Å²) in [6.45, 7) is 1.98. The van der Waals surface area contributed by atoms with E-state index in [4.69, 9.17) is 4.52 Å². The molecule has 8 nitrogen and oxygen atoms in total. The lowest BCUT2D eigenvalue weighted by molar-refractivity contribution is 0.0763. The molecule has 116 valence electrons. The molecule has 0 aliphatic rings. The van der Waals surface area contributed by atoms with Crippen LogP contribution >= 0.6 is 0 Å². The van der Waals surface area contributed by atoms with Gasteiger partial charge in [0.15, 0.2) is 0 Å². The molecule has 0 atom stereocenters. The molecule has 0 saturated heterocycles. The number of hydrogen-bond donors (Lipinski definition) is 0. The molecule has 0 fully saturated rings. The van der Waals surface area contributed by atoms with Crippen LogP contribution in [0.25, 0.3) is 11.5 Å². The fraction of sp³-hybridized carbons (Fsp3) is 0.200. The van der Waals surface area contributed by atoms with E-state index in [1.807, 2.05) is 13.0 Å². The minimum Gasteiger partial charge on any atom is -0.337 e. The van der Waals surface area contributed by atoms with Crippen LogP contribution in [0, 0.1) is 6.92 Å². The van der Waals surface area contributed by atoms with Crippen molar-refractivity contribution >= 4 is 5.91 Å². The van der Waals surface area contributed by atoms with Crippen LogP contribution in [0.5, 0.6) is 0 Å². The topological polar surface area (TPSA) is 97.9 Å². The van der Waals surface area contributed by atoms with Crippen molar-refractivity contribution in [2.45, 2.75) is 13.5 Å². The Kier molecular flexibility index (Phi) is 4.05. The van der Waals surface area contributed by atoms with E-state index >= 15 is 0 Å². The van der Waals surface area contributed by atoms with E-state index in [1.165, 1.54) is 11.1 Å². The van der Waals surface area contributed by atoms with E-state index in [-0.39, 0.29) is 18.1 Å². The fourth-order valence-corrected chi connectivity index (χ4v) is 1.89. The van der Waals surface area contributed by atoms with Crippen LogP contribution in [0.1, 0.15) is 22.1 Å². The number of aryl methyl sites for hydroxylation is 1. The van der Waals surface area contributed by atoms with Crippen LogP contribution in [-0.2, 0) is 6.54 Å². The minimum absolute atomic E-state index is 0.175. The Balaban J connectivity index is 1.71. The molecule has 0 spiro atoms. The third-order valence-electron chi connectivity index (χ3n) is 3.08. The summed E-state index contributed by atoms with van der Waals surface area (Å²) >= 11 is 0. The number of aromatic nitrogens is 5. The van der Waals surface area contributed by atoms with E-state index in [0.717, 1.165) is 5.69 Å². The van der Waals surface area contributed by atoms with Crippen LogP contribution in [0.2, 0.25) is 0 Å². The summed E-state index contributed by atoms with van der Waals surface area (Å²) in [6.07, 6.45) is 4.64. The van der Waals surface area contributed by atoms with E-state index in [0.29, 0.717) is 17.4 Å². The summed E-state index contributed by atoms with van der Waals surface area (Å²) in [7, 11) is 1.63. The second-order valence-corrected chi connectivity index (χ2v) is 4.93. The average molecular weight is 310 g/mol. The van der Waals surface area contributed by atoms with Crippen molar-refractivity contribution in [3.05, 3.63) is 54.1 Å². The van der Waals surface area contributed by atoms with Crippen molar-refractivity contribution in [1.29, 1.82) is 0 Å². The maximum absolute atomic E-state index is 12.3. The van der Waals surface area contributed by atoms with Gasteiger partial charge in [0, 0.05) is 19.4 Å². The maximum atomic E-state index is 12.3. The molecule has 3 aromatic heterocycles. The number of carbonyl (C=O) groups excluding carboxylic acids is 1. The molecular formula is C15H14N6O2. The molecule has 0 aliphatic heterocycles. The molecule has 3 heterocycles. The molecule has 0 aliphatic carbocycles. The van der Waals surface area contributed by atoms with Gasteiger partial charge in [0.2, 0.25) is 11.7 Å². The summed E-state index contributed by atoms with van der Waals surface area (Å²) in [6, 6.07) is 5.43. The fourth-order valence-electron chi connectivity index (χ4n) is 1.89. The van der Waals surface area contributed by atoms with E-state index in [9.17, 15) is 4.79 Å². The van der Waals surface area contributed by atoms with E-state index in [1.54, 1.807) is 31.6 Å². The summed E-state index contributed by atoms with van der Waals surface area (Å²) in [5, 5.41) is 3.87. The van der Waals surface area contributed by atoms with E-state index in [2.05, 4.69) is 25.1 Å². The highest BCUT2D eigenvalue weighted by atomic mass is 16.5. The highest BCUT2D eigenvalue weighted by Crippen LogP contribution is 2.13. The molecule has 3 aromatic rings. The van der Waals surface area contributed by atoms with Gasteiger partial charge in [-0.1, -0.05) is 11.2 Å². The molecule has 0 aromatic carbocycles. The third kappa shape index (κ3) is 3.37. The van der Waals surface area contributed by atoms with Crippen LogP contribution in [0.15, 0.2) is 41.3 Å². The van der Waals surface area contributed by atoms with Gasteiger partial charge in [-0.05, 0) is 19.1 Å². The van der Waals surface area contributed by atoms with Crippen LogP contribution in [0.4, 0.5) is 0 Å². The summed E-state index contributed by atoms with van der Waals surface area (Å²) in [5.74, 6) is 0.438. The van der Waals surface area contributed by atoms with Crippen molar-refractivity contribution < 1.29 is 9.32 Å². The Labute approximate surface area is 132 Å². The first kappa shape index (κ1) is 14.8. The van der Waals surface area contributed by atoms with Crippen molar-refractivity contribution in [2.24, 2.45) is 0 Å². The lowest BCUT2D eigenvalue weighted by Crippen LogP contribution is -2.27. The molecule has 1 amide bonds. The molecule has 0 bridgehead atoms. The molecular weight excluding hydrogens is 296 g/mol. The first-order valence-electron chi connectivity index (χ1n) is 6.91. The highest BCUT2D eigenvalue weighted by Gasteiger charge is 2.17. The zero-order chi connectivity index (χ0) is 16.2. The highest BCUT2D eigenvalue weighted by molar-refractivity contribution is 5.91. The van der Waals surface area contributed by atoms with Crippen molar-refractivity contribution in [1.82, 2.24) is 30.0 Å². The summed E-state index contributed by atoms with van der Waals surface area (Å²) in [5.41, 5.74) is 1.63. The molecule has 0 radical (unpaired) electrons. The monoisotopic (exact) mass is 310 g/mol. The Bertz CT molecular complexity index is 800. The minimum atomic E-state index is -0.268. The largest absolute Gasteiger partial charge is 0.337 e. The smallest absolute Gasteiger partial charge is 0.274 e. The van der Waals surface area contributed by atoms with Gasteiger partial charge in [-0.2, -0.15) is 4.98 Å². The lowest BCUT2D eigenvalue weighted by Gasteiger charge is -2.13. The zero-order valence-electron chi connectivity index (χ0n) is 12.7. The zero-order valence-corrected chi connectivity index (χ0v) is 12.7. The Morgan fingerprint density at radius 3 is 2.78 bits per heavy atom. The maximum Gasteiger partial charge on any atom is 0.274 e. The number of amides is 1. The molecule has 8 heteroatoms. The molecule has 0 unspecified atom stereocenters. The van der Waals surface area contributed by atoms with Crippen LogP contribution in [0.3, 0.4) is 0 Å². The predicted molar refractivity (Wildman–Crippen MR) is 80.1 cm³/mol. The Morgan fingerprint density at radius 2 is 2.09 bits per heavy atom. The summed E-state index contributed by atoms with van der Waals surface area (Å²) < 4.78 is 5.16. The SMILES string of the molecule is Cc1cnc(C(=O)N(C)Cc2nc(-c3ccccn3)no2)cn1. The number of carbonyl (C=O) groups is 1. The van der Waals surface area contributed by atoms with Gasteiger partial charge in [0.1, 0.15) is 17.9 Å². The Hall–Kier alpha value is -3.16. The Morgan fingerprint density at radius 1 is 1.22 bits per heavy atom. The number of nitrogens with zero attached hydrogens (tertiary/aromatic N) is 6. The van der Waals surface area contributed by atoms with Gasteiger partial charge in [0.25, 0.3) is 5.91 Å². The van der Waals surface area contributed by atoms with E-state index < -0.39 is 0 Å². The van der Waals surface area contributed by atoms with Gasteiger partial charge in [-0.15, -0.1) is 0 Å². The standard InChI is InChI=1S/C15H14N6O2/c1-10-7-18-12(8-17-10)15(22)21(2)9-13-19-14(20-23-13)11-5-3-4-6-16-11/h3-8H,9H2,1-2H3. The molecule has 0 N–H and O–H groups in total. The third-order valence-corrected chi connectivity index (χ3v) is 3.08. The van der Waals surface area contributed by atoms with Gasteiger partial charge >= 0.3 is 0 Å². The molecule has 3 rings (SSSR count). The summed E-state index contributed by atoms with van der Waals surface area (Å²) in [4.78, 5) is 30.2. The van der Waals surface area contributed by atoms with Gasteiger partial charge in [0.05, 0.1) is 11.9 Å². The van der Waals surface area contributed by atoms with Crippen molar-refractivity contribution in [3.8, 4) is 11.5 Å². The van der Waals surface area contributed by atoms with Gasteiger partial charge in [-0.25, -0.2) is 4.98 Å².